The van der Waals surface area contributed by atoms with Gasteiger partial charge in [0, 0.05) is 5.69 Å². The molecular formula is C24H33N3OS. The Balaban J connectivity index is 1.70. The number of anilines is 1. The van der Waals surface area contributed by atoms with E-state index in [2.05, 4.69) is 42.7 Å². The van der Waals surface area contributed by atoms with E-state index < -0.39 is 0 Å². The molecule has 2 aromatic rings. The Morgan fingerprint density at radius 3 is 2.48 bits per heavy atom. The first-order chi connectivity index (χ1) is 14.1. The third-order valence-corrected chi connectivity index (χ3v) is 5.07. The van der Waals surface area contributed by atoms with Gasteiger partial charge in [0.05, 0.1) is 12.8 Å². The van der Waals surface area contributed by atoms with Gasteiger partial charge in [-0.3, -0.25) is 5.43 Å². The van der Waals surface area contributed by atoms with Crippen molar-refractivity contribution >= 4 is 29.2 Å². The third kappa shape index (κ3) is 8.65. The molecule has 156 valence electrons. The average molecular weight is 412 g/mol. The molecule has 0 unspecified atom stereocenters. The predicted octanol–water partition coefficient (Wildman–Crippen LogP) is 6.36. The lowest BCUT2D eigenvalue weighted by Gasteiger charge is -2.11. The summed E-state index contributed by atoms with van der Waals surface area (Å²) in [6, 6.07) is 14.0. The summed E-state index contributed by atoms with van der Waals surface area (Å²) in [5, 5.41) is 7.85. The summed E-state index contributed by atoms with van der Waals surface area (Å²) in [7, 11) is 0. The molecule has 5 heteroatoms. The van der Waals surface area contributed by atoms with Crippen molar-refractivity contribution in [1.29, 1.82) is 0 Å². The second kappa shape index (κ2) is 12.9. The number of rotatable bonds is 11. The molecule has 0 amide bonds. The fourth-order valence-corrected chi connectivity index (χ4v) is 3.09. The van der Waals surface area contributed by atoms with Gasteiger partial charge in [0.25, 0.3) is 0 Å². The number of hydrogen-bond acceptors (Lipinski definition) is 3. The Labute approximate surface area is 180 Å². The SMILES string of the molecule is CCCCCCCCOc1ccc(C=NNC(=S)Nc2cccc(C)c2C)cc1. The van der Waals surface area contributed by atoms with Gasteiger partial charge in [-0.15, -0.1) is 0 Å². The molecule has 0 aliphatic rings. The first-order valence-corrected chi connectivity index (χ1v) is 10.9. The minimum atomic E-state index is 0.467. The Morgan fingerprint density at radius 2 is 1.72 bits per heavy atom. The van der Waals surface area contributed by atoms with E-state index in [0.717, 1.165) is 30.0 Å². The van der Waals surface area contributed by atoms with Crippen LogP contribution in [0.15, 0.2) is 47.6 Å². The second-order valence-electron chi connectivity index (χ2n) is 7.26. The highest BCUT2D eigenvalue weighted by atomic mass is 32.1. The van der Waals surface area contributed by atoms with Crippen LogP contribution in [0.5, 0.6) is 5.75 Å². The normalized spacial score (nSPS) is 10.9. The number of unbranched alkanes of at least 4 members (excludes halogenated alkanes) is 5. The standard InChI is InChI=1S/C24H33N3OS/c1-4-5-6-7-8-9-17-28-22-15-13-21(14-16-22)18-25-27-24(29)26-23-12-10-11-19(2)20(23)3/h10-16,18H,4-9,17H2,1-3H3,(H2,26,27,29). The van der Waals surface area contributed by atoms with Crippen LogP contribution < -0.4 is 15.5 Å². The van der Waals surface area contributed by atoms with Crippen molar-refractivity contribution in [2.24, 2.45) is 5.10 Å². The van der Waals surface area contributed by atoms with Crippen LogP contribution in [0.4, 0.5) is 5.69 Å². The highest BCUT2D eigenvalue weighted by Gasteiger charge is 2.02. The molecule has 0 atom stereocenters. The van der Waals surface area contributed by atoms with Crippen molar-refractivity contribution in [2.45, 2.75) is 59.3 Å². The van der Waals surface area contributed by atoms with Gasteiger partial charge in [-0.25, -0.2) is 0 Å². The first-order valence-electron chi connectivity index (χ1n) is 10.5. The summed E-state index contributed by atoms with van der Waals surface area (Å²) in [6.07, 6.45) is 9.37. The molecule has 0 aliphatic carbocycles. The zero-order valence-electron chi connectivity index (χ0n) is 17.8. The molecule has 2 rings (SSSR count). The van der Waals surface area contributed by atoms with Gasteiger partial charge >= 0.3 is 0 Å². The van der Waals surface area contributed by atoms with Crippen LogP contribution in [0, 0.1) is 13.8 Å². The zero-order chi connectivity index (χ0) is 20.9. The van der Waals surface area contributed by atoms with Crippen LogP contribution >= 0.6 is 12.2 Å². The molecule has 29 heavy (non-hydrogen) atoms. The monoisotopic (exact) mass is 411 g/mol. The predicted molar refractivity (Wildman–Crippen MR) is 128 cm³/mol. The Kier molecular flexibility index (Phi) is 10.2. The molecule has 0 saturated carbocycles. The highest BCUT2D eigenvalue weighted by Crippen LogP contribution is 2.17. The Hall–Kier alpha value is -2.40. The van der Waals surface area contributed by atoms with E-state index in [-0.39, 0.29) is 0 Å². The van der Waals surface area contributed by atoms with E-state index >= 15 is 0 Å². The minimum Gasteiger partial charge on any atom is -0.494 e. The lowest BCUT2D eigenvalue weighted by molar-refractivity contribution is 0.304. The van der Waals surface area contributed by atoms with Crippen molar-refractivity contribution in [3.8, 4) is 5.75 Å². The number of hydrazone groups is 1. The van der Waals surface area contributed by atoms with E-state index in [1.165, 1.54) is 43.2 Å². The molecule has 0 spiro atoms. The van der Waals surface area contributed by atoms with Crippen LogP contribution in [0.3, 0.4) is 0 Å². The van der Waals surface area contributed by atoms with Gasteiger partial charge in [-0.1, -0.05) is 51.2 Å². The summed E-state index contributed by atoms with van der Waals surface area (Å²) in [5.41, 5.74) is 7.24. The zero-order valence-corrected chi connectivity index (χ0v) is 18.6. The Morgan fingerprint density at radius 1 is 1.00 bits per heavy atom. The van der Waals surface area contributed by atoms with E-state index in [4.69, 9.17) is 17.0 Å². The summed E-state index contributed by atoms with van der Waals surface area (Å²) in [5.74, 6) is 0.899. The quantitative estimate of drug-likeness (QED) is 0.195. The molecule has 0 heterocycles. The van der Waals surface area contributed by atoms with Crippen LogP contribution in [-0.2, 0) is 0 Å². The molecular weight excluding hydrogens is 378 g/mol. The smallest absolute Gasteiger partial charge is 0.191 e. The minimum absolute atomic E-state index is 0.467. The number of benzene rings is 2. The van der Waals surface area contributed by atoms with Crippen LogP contribution in [-0.4, -0.2) is 17.9 Å². The fourth-order valence-electron chi connectivity index (χ4n) is 2.92. The molecule has 4 nitrogen and oxygen atoms in total. The third-order valence-electron chi connectivity index (χ3n) is 4.88. The lowest BCUT2D eigenvalue weighted by atomic mass is 10.1. The van der Waals surface area contributed by atoms with Crippen LogP contribution in [0.2, 0.25) is 0 Å². The van der Waals surface area contributed by atoms with Gasteiger partial charge in [0.15, 0.2) is 5.11 Å². The van der Waals surface area contributed by atoms with Crippen LogP contribution in [0.1, 0.15) is 62.1 Å². The number of hydrogen-bond donors (Lipinski definition) is 2. The summed E-state index contributed by atoms with van der Waals surface area (Å²) >= 11 is 5.31. The largest absolute Gasteiger partial charge is 0.494 e. The van der Waals surface area contributed by atoms with Gasteiger partial charge in [-0.2, -0.15) is 5.10 Å². The summed E-state index contributed by atoms with van der Waals surface area (Å²) < 4.78 is 5.81. The highest BCUT2D eigenvalue weighted by molar-refractivity contribution is 7.80. The number of ether oxygens (including phenoxy) is 1. The van der Waals surface area contributed by atoms with Crippen molar-refractivity contribution in [3.63, 3.8) is 0 Å². The van der Waals surface area contributed by atoms with E-state index in [0.29, 0.717) is 5.11 Å². The molecule has 0 radical (unpaired) electrons. The van der Waals surface area contributed by atoms with Gasteiger partial charge < -0.3 is 10.1 Å². The van der Waals surface area contributed by atoms with Gasteiger partial charge in [0.1, 0.15) is 5.75 Å². The molecule has 2 aromatic carbocycles. The van der Waals surface area contributed by atoms with E-state index in [1.54, 1.807) is 6.21 Å². The van der Waals surface area contributed by atoms with Crippen molar-refractivity contribution in [3.05, 3.63) is 59.2 Å². The number of thiocarbonyl (C=S) groups is 1. The molecule has 0 aliphatic heterocycles. The first kappa shape index (κ1) is 22.9. The number of nitrogens with zero attached hydrogens (tertiary/aromatic N) is 1. The maximum Gasteiger partial charge on any atom is 0.191 e. The fraction of sp³-hybridized carbons (Fsp3) is 0.417. The van der Waals surface area contributed by atoms with Gasteiger partial charge in [0.2, 0.25) is 0 Å². The average Bonchev–Trinajstić information content (AvgIpc) is 2.72. The van der Waals surface area contributed by atoms with Crippen molar-refractivity contribution in [2.75, 3.05) is 11.9 Å². The maximum absolute atomic E-state index is 5.81. The molecule has 0 aromatic heterocycles. The van der Waals surface area contributed by atoms with E-state index in [9.17, 15) is 0 Å². The molecule has 2 N–H and O–H groups in total. The maximum atomic E-state index is 5.81. The van der Waals surface area contributed by atoms with E-state index in [1.807, 2.05) is 36.4 Å². The Bertz CT molecular complexity index is 787. The molecule has 0 bridgehead atoms. The van der Waals surface area contributed by atoms with Crippen LogP contribution in [0.25, 0.3) is 0 Å². The molecule has 0 fully saturated rings. The summed E-state index contributed by atoms with van der Waals surface area (Å²) in [4.78, 5) is 0. The van der Waals surface area contributed by atoms with Crippen molar-refractivity contribution in [1.82, 2.24) is 5.43 Å². The second-order valence-corrected chi connectivity index (χ2v) is 7.67. The number of aryl methyl sites for hydroxylation is 1. The lowest BCUT2D eigenvalue weighted by Crippen LogP contribution is -2.24. The number of nitrogens with one attached hydrogen (secondary N) is 2. The van der Waals surface area contributed by atoms with Crippen molar-refractivity contribution < 1.29 is 4.74 Å². The topological polar surface area (TPSA) is 45.6 Å². The summed E-state index contributed by atoms with van der Waals surface area (Å²) in [6.45, 7) is 7.17. The van der Waals surface area contributed by atoms with Gasteiger partial charge in [-0.05, 0) is 79.5 Å². The molecule has 0 saturated heterocycles.